The van der Waals surface area contributed by atoms with Crippen LogP contribution in [0.5, 0.6) is 0 Å². The lowest BCUT2D eigenvalue weighted by Crippen LogP contribution is -2.22. The van der Waals surface area contributed by atoms with E-state index in [0.29, 0.717) is 13.0 Å². The summed E-state index contributed by atoms with van der Waals surface area (Å²) >= 11 is 0. The van der Waals surface area contributed by atoms with Crippen molar-refractivity contribution in [1.29, 1.82) is 0 Å². The molecule has 1 unspecified atom stereocenters. The van der Waals surface area contributed by atoms with Gasteiger partial charge in [-0.1, -0.05) is 32.4 Å². The van der Waals surface area contributed by atoms with Crippen molar-refractivity contribution in [2.24, 2.45) is 0 Å². The van der Waals surface area contributed by atoms with Crippen molar-refractivity contribution in [3.63, 3.8) is 0 Å². The van der Waals surface area contributed by atoms with Crippen LogP contribution in [0.4, 0.5) is 0 Å². The van der Waals surface area contributed by atoms with Gasteiger partial charge < -0.3 is 9.84 Å². The van der Waals surface area contributed by atoms with Gasteiger partial charge in [-0.3, -0.25) is 0 Å². The molecule has 0 aliphatic rings. The zero-order valence-electron chi connectivity index (χ0n) is 9.74. The molecule has 0 aliphatic carbocycles. The molecule has 3 nitrogen and oxygen atoms in total. The Balaban J connectivity index is 3.34. The molecule has 0 fully saturated rings. The largest absolute Gasteiger partial charge is 0.464 e. The van der Waals surface area contributed by atoms with Crippen LogP contribution in [0.3, 0.4) is 0 Å². The highest BCUT2D eigenvalue weighted by Gasteiger charge is 2.12. The van der Waals surface area contributed by atoms with Gasteiger partial charge in [0.15, 0.2) is 6.10 Å². The summed E-state index contributed by atoms with van der Waals surface area (Å²) in [5.41, 5.74) is 0. The Bertz CT molecular complexity index is 187. The summed E-state index contributed by atoms with van der Waals surface area (Å²) in [6.07, 6.45) is 7.71. The van der Waals surface area contributed by atoms with Crippen molar-refractivity contribution in [2.75, 3.05) is 6.61 Å². The van der Waals surface area contributed by atoms with Gasteiger partial charge in [-0.15, -0.1) is 0 Å². The molecular formula is C12H22O3. The number of hydrogen-bond acceptors (Lipinski definition) is 3. The number of rotatable bonds is 8. The maximum atomic E-state index is 11.0. The van der Waals surface area contributed by atoms with Crippen molar-refractivity contribution in [3.05, 3.63) is 12.2 Å². The summed E-state index contributed by atoms with van der Waals surface area (Å²) in [5.74, 6) is -0.505. The lowest BCUT2D eigenvalue weighted by molar-refractivity contribution is -0.153. The molecule has 0 aromatic carbocycles. The van der Waals surface area contributed by atoms with E-state index in [0.717, 1.165) is 25.7 Å². The molecule has 0 spiro atoms. The van der Waals surface area contributed by atoms with Crippen molar-refractivity contribution < 1.29 is 14.6 Å². The van der Waals surface area contributed by atoms with Gasteiger partial charge in [0.25, 0.3) is 0 Å². The number of ether oxygens (including phenoxy) is 1. The van der Waals surface area contributed by atoms with Crippen LogP contribution in [0, 0.1) is 0 Å². The van der Waals surface area contributed by atoms with E-state index in [2.05, 4.69) is 19.1 Å². The zero-order valence-corrected chi connectivity index (χ0v) is 9.74. The summed E-state index contributed by atoms with van der Waals surface area (Å²) in [6, 6.07) is 0. The quantitative estimate of drug-likeness (QED) is 0.383. The van der Waals surface area contributed by atoms with Gasteiger partial charge in [-0.25, -0.2) is 4.79 Å². The first-order chi connectivity index (χ1) is 7.22. The summed E-state index contributed by atoms with van der Waals surface area (Å²) in [7, 11) is 0. The maximum absolute atomic E-state index is 11.0. The SMILES string of the molecule is CCC/C=C\CCCOC(=O)C(O)CC. The van der Waals surface area contributed by atoms with Crippen LogP contribution >= 0.6 is 0 Å². The Morgan fingerprint density at radius 3 is 2.60 bits per heavy atom. The highest BCUT2D eigenvalue weighted by atomic mass is 16.5. The minimum atomic E-state index is -0.958. The van der Waals surface area contributed by atoms with Gasteiger partial charge in [0, 0.05) is 0 Å². The average Bonchev–Trinajstić information content (AvgIpc) is 2.26. The average molecular weight is 214 g/mol. The van der Waals surface area contributed by atoms with Crippen LogP contribution in [0.1, 0.15) is 46.0 Å². The first kappa shape index (κ1) is 14.2. The standard InChI is InChI=1S/C12H22O3/c1-3-5-6-7-8-9-10-15-12(14)11(13)4-2/h6-7,11,13H,3-5,8-10H2,1-2H3/b7-6-. The fraction of sp³-hybridized carbons (Fsp3) is 0.750. The zero-order chi connectivity index (χ0) is 11.5. The Morgan fingerprint density at radius 1 is 1.33 bits per heavy atom. The lowest BCUT2D eigenvalue weighted by Gasteiger charge is -2.07. The van der Waals surface area contributed by atoms with Crippen molar-refractivity contribution >= 4 is 5.97 Å². The first-order valence-electron chi connectivity index (χ1n) is 5.72. The second-order valence-electron chi connectivity index (χ2n) is 3.49. The number of aliphatic hydroxyl groups is 1. The number of unbranched alkanes of at least 4 members (excludes halogenated alkanes) is 2. The predicted octanol–water partition coefficient (Wildman–Crippen LogP) is 2.44. The van der Waals surface area contributed by atoms with Gasteiger partial charge in [-0.05, 0) is 25.7 Å². The topological polar surface area (TPSA) is 46.5 Å². The highest BCUT2D eigenvalue weighted by Crippen LogP contribution is 1.98. The van der Waals surface area contributed by atoms with Gasteiger partial charge in [0.05, 0.1) is 6.61 Å². The smallest absolute Gasteiger partial charge is 0.334 e. The summed E-state index contributed by atoms with van der Waals surface area (Å²) < 4.78 is 4.88. The predicted molar refractivity (Wildman–Crippen MR) is 60.5 cm³/mol. The van der Waals surface area contributed by atoms with E-state index >= 15 is 0 Å². The first-order valence-corrected chi connectivity index (χ1v) is 5.72. The van der Waals surface area contributed by atoms with Crippen LogP contribution < -0.4 is 0 Å². The molecule has 1 atom stereocenters. The number of carbonyl (C=O) groups is 1. The minimum absolute atomic E-state index is 0.395. The van der Waals surface area contributed by atoms with Crippen molar-refractivity contribution in [2.45, 2.75) is 52.1 Å². The summed E-state index contributed by atoms with van der Waals surface area (Å²) in [4.78, 5) is 11.0. The van der Waals surface area contributed by atoms with E-state index in [-0.39, 0.29) is 0 Å². The van der Waals surface area contributed by atoms with E-state index < -0.39 is 12.1 Å². The molecule has 3 heteroatoms. The fourth-order valence-electron chi connectivity index (χ4n) is 1.04. The maximum Gasteiger partial charge on any atom is 0.334 e. The van der Waals surface area contributed by atoms with Crippen LogP contribution in [-0.2, 0) is 9.53 Å². The van der Waals surface area contributed by atoms with Crippen LogP contribution in [0.15, 0.2) is 12.2 Å². The van der Waals surface area contributed by atoms with Gasteiger partial charge in [-0.2, -0.15) is 0 Å². The van der Waals surface area contributed by atoms with Crippen molar-refractivity contribution in [3.8, 4) is 0 Å². The lowest BCUT2D eigenvalue weighted by atomic mass is 10.2. The molecule has 0 saturated heterocycles. The molecule has 0 aromatic rings. The molecule has 0 aromatic heterocycles. The number of hydrogen-bond donors (Lipinski definition) is 1. The third-order valence-electron chi connectivity index (χ3n) is 2.04. The van der Waals surface area contributed by atoms with E-state index in [1.54, 1.807) is 6.92 Å². The van der Waals surface area contributed by atoms with Crippen LogP contribution in [-0.4, -0.2) is 23.8 Å². The highest BCUT2D eigenvalue weighted by molar-refractivity contribution is 5.74. The van der Waals surface area contributed by atoms with Gasteiger partial charge in [0.2, 0.25) is 0 Å². The normalized spacial score (nSPS) is 13.0. The van der Waals surface area contributed by atoms with E-state index in [1.165, 1.54) is 0 Å². The number of carbonyl (C=O) groups excluding carboxylic acids is 1. The molecule has 0 saturated carbocycles. The molecule has 0 aliphatic heterocycles. The molecule has 0 radical (unpaired) electrons. The molecule has 1 N–H and O–H groups in total. The number of esters is 1. The van der Waals surface area contributed by atoms with E-state index in [4.69, 9.17) is 9.84 Å². The minimum Gasteiger partial charge on any atom is -0.464 e. The Hall–Kier alpha value is -0.830. The second kappa shape index (κ2) is 9.71. The Morgan fingerprint density at radius 2 is 2.00 bits per heavy atom. The number of allylic oxidation sites excluding steroid dienone is 2. The van der Waals surface area contributed by atoms with E-state index in [9.17, 15) is 4.79 Å². The van der Waals surface area contributed by atoms with Gasteiger partial charge in [0.1, 0.15) is 0 Å². The molecule has 0 heterocycles. The number of aliphatic hydroxyl groups excluding tert-OH is 1. The third kappa shape index (κ3) is 8.18. The second-order valence-corrected chi connectivity index (χ2v) is 3.49. The molecule has 0 bridgehead atoms. The Labute approximate surface area is 92.1 Å². The monoisotopic (exact) mass is 214 g/mol. The molecule has 15 heavy (non-hydrogen) atoms. The molecular weight excluding hydrogens is 192 g/mol. The van der Waals surface area contributed by atoms with Crippen molar-refractivity contribution in [1.82, 2.24) is 0 Å². The van der Waals surface area contributed by atoms with Crippen LogP contribution in [0.25, 0.3) is 0 Å². The van der Waals surface area contributed by atoms with E-state index in [1.807, 2.05) is 0 Å². The van der Waals surface area contributed by atoms with Gasteiger partial charge >= 0.3 is 5.97 Å². The Kier molecular flexibility index (Phi) is 9.18. The summed E-state index contributed by atoms with van der Waals surface area (Å²) in [6.45, 7) is 4.28. The molecule has 88 valence electrons. The molecule has 0 rings (SSSR count). The third-order valence-corrected chi connectivity index (χ3v) is 2.04. The van der Waals surface area contributed by atoms with Crippen LogP contribution in [0.2, 0.25) is 0 Å². The fourth-order valence-corrected chi connectivity index (χ4v) is 1.04. The summed E-state index contributed by atoms with van der Waals surface area (Å²) in [5, 5.41) is 9.11. The molecule has 0 amide bonds.